The molecule has 0 aliphatic carbocycles. The van der Waals surface area contributed by atoms with Crippen LogP contribution in [0.2, 0.25) is 0 Å². The van der Waals surface area contributed by atoms with E-state index < -0.39 is 0 Å². The van der Waals surface area contributed by atoms with Gasteiger partial charge in [0.25, 0.3) is 0 Å². The summed E-state index contributed by atoms with van der Waals surface area (Å²) < 4.78 is 18.8. The molecule has 1 amide bonds. The number of nitrogens with zero attached hydrogens (tertiary/aromatic N) is 3. The molecule has 7 nitrogen and oxygen atoms in total. The summed E-state index contributed by atoms with van der Waals surface area (Å²) in [6.45, 7) is 2.30. The Morgan fingerprint density at radius 1 is 1.27 bits per heavy atom. The van der Waals surface area contributed by atoms with Crippen LogP contribution in [0.15, 0.2) is 36.4 Å². The van der Waals surface area contributed by atoms with Gasteiger partial charge >= 0.3 is 0 Å². The molecule has 8 heteroatoms. The summed E-state index contributed by atoms with van der Waals surface area (Å²) in [4.78, 5) is 18.8. The third-order valence-corrected chi connectivity index (χ3v) is 5.64. The zero-order chi connectivity index (χ0) is 20.9. The number of amides is 1. The predicted molar refractivity (Wildman–Crippen MR) is 113 cm³/mol. The summed E-state index contributed by atoms with van der Waals surface area (Å²) in [5.74, 6) is 0.889. The van der Waals surface area contributed by atoms with Crippen molar-refractivity contribution < 1.29 is 13.9 Å². The van der Waals surface area contributed by atoms with Gasteiger partial charge in [-0.05, 0) is 31.0 Å². The van der Waals surface area contributed by atoms with Crippen LogP contribution in [0.25, 0.3) is 11.0 Å². The van der Waals surface area contributed by atoms with E-state index in [1.807, 2.05) is 23.1 Å². The van der Waals surface area contributed by atoms with E-state index >= 15 is 0 Å². The Morgan fingerprint density at radius 2 is 2.07 bits per heavy atom. The van der Waals surface area contributed by atoms with Crippen LogP contribution in [0.3, 0.4) is 0 Å². The summed E-state index contributed by atoms with van der Waals surface area (Å²) in [6, 6.07) is 10.7. The number of aromatic nitrogens is 3. The highest BCUT2D eigenvalue weighted by atomic mass is 19.1. The monoisotopic (exact) mass is 411 g/mol. The van der Waals surface area contributed by atoms with Crippen LogP contribution in [0, 0.1) is 5.82 Å². The van der Waals surface area contributed by atoms with E-state index in [1.54, 1.807) is 19.2 Å². The van der Waals surface area contributed by atoms with Gasteiger partial charge in [0, 0.05) is 43.9 Å². The molecule has 3 aromatic rings. The molecular weight excluding hydrogens is 385 g/mol. The van der Waals surface area contributed by atoms with Crippen molar-refractivity contribution in [2.24, 2.45) is 0 Å². The highest BCUT2D eigenvalue weighted by Gasteiger charge is 2.25. The standard InChI is InChI=1S/C22H26FN5O2/c1-30-13-10-20(29)28-11-8-15(9-12-28)19-7-6-17-21(26-27-22(17)25-19)24-14-16-4-2-3-5-18(16)23/h2-7,15H,8-14H2,1H3,(H2,24,25,26,27). The molecule has 0 atom stereocenters. The number of rotatable bonds is 7. The van der Waals surface area contributed by atoms with Gasteiger partial charge in [0.15, 0.2) is 11.5 Å². The third kappa shape index (κ3) is 4.43. The predicted octanol–water partition coefficient (Wildman–Crippen LogP) is 3.45. The number of H-pyrrole nitrogens is 1. The van der Waals surface area contributed by atoms with Gasteiger partial charge < -0.3 is 15.0 Å². The van der Waals surface area contributed by atoms with Gasteiger partial charge in [-0.2, -0.15) is 5.10 Å². The Morgan fingerprint density at radius 3 is 2.83 bits per heavy atom. The molecule has 158 valence electrons. The van der Waals surface area contributed by atoms with Gasteiger partial charge in [0.05, 0.1) is 18.4 Å². The molecule has 2 N–H and O–H groups in total. The van der Waals surface area contributed by atoms with E-state index in [-0.39, 0.29) is 11.7 Å². The second-order valence-corrected chi connectivity index (χ2v) is 7.55. The molecule has 0 saturated carbocycles. The van der Waals surface area contributed by atoms with Gasteiger partial charge in [-0.15, -0.1) is 0 Å². The minimum absolute atomic E-state index is 0.151. The lowest BCUT2D eigenvalue weighted by Crippen LogP contribution is -2.38. The van der Waals surface area contributed by atoms with Crippen molar-refractivity contribution in [2.75, 3.05) is 32.1 Å². The number of anilines is 1. The molecule has 3 heterocycles. The van der Waals surface area contributed by atoms with Gasteiger partial charge in [-0.1, -0.05) is 18.2 Å². The summed E-state index contributed by atoms with van der Waals surface area (Å²) in [5.41, 5.74) is 2.31. The topological polar surface area (TPSA) is 83.1 Å². The van der Waals surface area contributed by atoms with Crippen molar-refractivity contribution >= 4 is 22.8 Å². The summed E-state index contributed by atoms with van der Waals surface area (Å²) in [5, 5.41) is 11.3. The third-order valence-electron chi connectivity index (χ3n) is 5.64. The van der Waals surface area contributed by atoms with Crippen molar-refractivity contribution in [3.8, 4) is 0 Å². The van der Waals surface area contributed by atoms with E-state index in [4.69, 9.17) is 9.72 Å². The van der Waals surface area contributed by atoms with E-state index in [2.05, 4.69) is 15.5 Å². The van der Waals surface area contributed by atoms with Crippen LogP contribution in [0.1, 0.15) is 36.4 Å². The molecule has 1 aliphatic heterocycles. The number of nitrogens with one attached hydrogen (secondary N) is 2. The number of carbonyl (C=O) groups excluding carboxylic acids is 1. The fraction of sp³-hybridized carbons (Fsp3) is 0.409. The first-order valence-electron chi connectivity index (χ1n) is 10.2. The maximum atomic E-state index is 13.8. The highest BCUT2D eigenvalue weighted by Crippen LogP contribution is 2.29. The minimum atomic E-state index is -0.239. The number of hydrogen-bond donors (Lipinski definition) is 2. The number of pyridine rings is 1. The van der Waals surface area contributed by atoms with Crippen molar-refractivity contribution in [2.45, 2.75) is 31.7 Å². The molecule has 1 aliphatic rings. The fourth-order valence-electron chi connectivity index (χ4n) is 3.87. The minimum Gasteiger partial charge on any atom is -0.384 e. The van der Waals surface area contributed by atoms with Crippen LogP contribution in [-0.2, 0) is 16.1 Å². The number of benzene rings is 1. The second-order valence-electron chi connectivity index (χ2n) is 7.55. The van der Waals surface area contributed by atoms with Crippen LogP contribution >= 0.6 is 0 Å². The quantitative estimate of drug-likeness (QED) is 0.622. The van der Waals surface area contributed by atoms with Crippen molar-refractivity contribution in [1.82, 2.24) is 20.1 Å². The van der Waals surface area contributed by atoms with E-state index in [0.717, 1.165) is 37.0 Å². The molecule has 0 radical (unpaired) electrons. The number of fused-ring (bicyclic) bond motifs is 1. The Hall–Kier alpha value is -3.00. The molecule has 2 aromatic heterocycles. The molecule has 0 bridgehead atoms. The molecule has 30 heavy (non-hydrogen) atoms. The Labute approximate surface area is 174 Å². The molecule has 0 spiro atoms. The molecule has 1 saturated heterocycles. The average Bonchev–Trinajstić information content (AvgIpc) is 3.19. The lowest BCUT2D eigenvalue weighted by atomic mass is 9.92. The number of carbonyl (C=O) groups is 1. The molecule has 1 fully saturated rings. The number of methoxy groups -OCH3 is 1. The number of halogens is 1. The Kier molecular flexibility index (Phi) is 6.23. The summed E-state index contributed by atoms with van der Waals surface area (Å²) in [7, 11) is 1.61. The smallest absolute Gasteiger partial charge is 0.224 e. The summed E-state index contributed by atoms with van der Waals surface area (Å²) in [6.07, 6.45) is 2.22. The largest absolute Gasteiger partial charge is 0.384 e. The van der Waals surface area contributed by atoms with Gasteiger partial charge in [-0.25, -0.2) is 9.37 Å². The van der Waals surface area contributed by atoms with E-state index in [1.165, 1.54) is 6.07 Å². The fourth-order valence-corrected chi connectivity index (χ4v) is 3.87. The first-order valence-corrected chi connectivity index (χ1v) is 10.2. The molecule has 0 unspecified atom stereocenters. The van der Waals surface area contributed by atoms with Crippen LogP contribution < -0.4 is 5.32 Å². The van der Waals surface area contributed by atoms with Gasteiger partial charge in [-0.3, -0.25) is 9.89 Å². The SMILES string of the molecule is COCCC(=O)N1CCC(c2ccc3c(NCc4ccccc4F)n[nH]c3n2)CC1. The van der Waals surface area contributed by atoms with Gasteiger partial charge in [0.1, 0.15) is 5.82 Å². The van der Waals surface area contributed by atoms with Crippen LogP contribution in [-0.4, -0.2) is 52.8 Å². The van der Waals surface area contributed by atoms with Crippen molar-refractivity contribution in [1.29, 1.82) is 0 Å². The number of likely N-dealkylation sites (tertiary alicyclic amines) is 1. The first-order chi connectivity index (χ1) is 14.7. The lowest BCUT2D eigenvalue weighted by Gasteiger charge is -2.31. The lowest BCUT2D eigenvalue weighted by molar-refractivity contribution is -0.133. The number of piperidine rings is 1. The van der Waals surface area contributed by atoms with E-state index in [9.17, 15) is 9.18 Å². The number of ether oxygens (including phenoxy) is 1. The number of hydrogen-bond acceptors (Lipinski definition) is 5. The zero-order valence-electron chi connectivity index (χ0n) is 17.0. The van der Waals surface area contributed by atoms with Crippen LogP contribution in [0.4, 0.5) is 10.2 Å². The average molecular weight is 411 g/mol. The van der Waals surface area contributed by atoms with Crippen LogP contribution in [0.5, 0.6) is 0 Å². The molecule has 1 aromatic carbocycles. The van der Waals surface area contributed by atoms with Gasteiger partial charge in [0.2, 0.25) is 5.91 Å². The first kappa shape index (κ1) is 20.3. The highest BCUT2D eigenvalue weighted by molar-refractivity contribution is 5.87. The summed E-state index contributed by atoms with van der Waals surface area (Å²) >= 11 is 0. The van der Waals surface area contributed by atoms with Crippen molar-refractivity contribution in [3.05, 3.63) is 53.5 Å². The Balaban J connectivity index is 1.39. The Bertz CT molecular complexity index is 1010. The maximum absolute atomic E-state index is 13.8. The second kappa shape index (κ2) is 9.21. The zero-order valence-corrected chi connectivity index (χ0v) is 17.0. The van der Waals surface area contributed by atoms with Crippen molar-refractivity contribution in [3.63, 3.8) is 0 Å². The molecule has 4 rings (SSSR count). The molecular formula is C22H26FN5O2. The van der Waals surface area contributed by atoms with E-state index in [0.29, 0.717) is 42.5 Å². The normalized spacial score (nSPS) is 14.9. The maximum Gasteiger partial charge on any atom is 0.224 e. The number of aromatic amines is 1.